The fourth-order valence-corrected chi connectivity index (χ4v) is 3.46. The largest absolute Gasteiger partial charge is 0.340 e. The first-order chi connectivity index (χ1) is 10.3. The first-order valence-electron chi connectivity index (χ1n) is 7.50. The maximum absolute atomic E-state index is 8.12. The van der Waals surface area contributed by atoms with Crippen LogP contribution in [0.25, 0.3) is 0 Å². The van der Waals surface area contributed by atoms with Crippen LogP contribution in [-0.2, 0) is 13.0 Å². The number of benzene rings is 1. The van der Waals surface area contributed by atoms with E-state index in [0.717, 1.165) is 23.5 Å². The van der Waals surface area contributed by atoms with Gasteiger partial charge in [-0.05, 0) is 54.1 Å². The SMILES string of the molecule is CCCN1CCc2ccc(NC(=N)c3cccs3)cc2C1.Cl.Cl. The van der Waals surface area contributed by atoms with Gasteiger partial charge in [0.25, 0.3) is 0 Å². The van der Waals surface area contributed by atoms with Gasteiger partial charge in [0.15, 0.2) is 0 Å². The Morgan fingerprint density at radius 2 is 2.09 bits per heavy atom. The van der Waals surface area contributed by atoms with Crippen LogP contribution in [0.4, 0.5) is 5.69 Å². The molecule has 0 saturated heterocycles. The van der Waals surface area contributed by atoms with Crippen LogP contribution in [0.1, 0.15) is 29.3 Å². The van der Waals surface area contributed by atoms with E-state index in [1.807, 2.05) is 17.5 Å². The summed E-state index contributed by atoms with van der Waals surface area (Å²) in [4.78, 5) is 3.48. The van der Waals surface area contributed by atoms with Crippen LogP contribution >= 0.6 is 36.2 Å². The maximum Gasteiger partial charge on any atom is 0.140 e. The predicted molar refractivity (Wildman–Crippen MR) is 105 cm³/mol. The van der Waals surface area contributed by atoms with Gasteiger partial charge in [-0.2, -0.15) is 0 Å². The standard InChI is InChI=1S/C17H21N3S.2ClH/c1-2-8-20-9-7-13-5-6-15(11-14(13)12-20)19-17(18)16-4-3-10-21-16;;/h3-6,10-11H,2,7-9,12H2,1H3,(H2,18,19);2*1H. The molecule has 0 aliphatic carbocycles. The normalized spacial score (nSPS) is 13.4. The molecule has 1 aliphatic heterocycles. The zero-order valence-electron chi connectivity index (χ0n) is 13.2. The molecule has 3 rings (SSSR count). The van der Waals surface area contributed by atoms with Crippen LogP contribution in [-0.4, -0.2) is 23.8 Å². The van der Waals surface area contributed by atoms with Crippen molar-refractivity contribution in [1.29, 1.82) is 5.41 Å². The van der Waals surface area contributed by atoms with E-state index in [0.29, 0.717) is 5.84 Å². The van der Waals surface area contributed by atoms with E-state index in [1.54, 1.807) is 11.3 Å². The van der Waals surface area contributed by atoms with Gasteiger partial charge in [-0.15, -0.1) is 36.2 Å². The Hall–Kier alpha value is -1.07. The summed E-state index contributed by atoms with van der Waals surface area (Å²) in [5.41, 5.74) is 3.87. The Balaban J connectivity index is 0.00000132. The lowest BCUT2D eigenvalue weighted by atomic mass is 9.99. The summed E-state index contributed by atoms with van der Waals surface area (Å²) in [6.45, 7) is 5.60. The fraction of sp³-hybridized carbons (Fsp3) is 0.353. The fourth-order valence-electron chi connectivity index (χ4n) is 2.83. The monoisotopic (exact) mass is 371 g/mol. The molecule has 0 unspecified atom stereocenters. The van der Waals surface area contributed by atoms with Crippen molar-refractivity contribution in [2.45, 2.75) is 26.3 Å². The molecule has 0 amide bonds. The quantitative estimate of drug-likeness (QED) is 0.598. The molecule has 0 bridgehead atoms. The predicted octanol–water partition coefficient (Wildman–Crippen LogP) is 4.80. The second kappa shape index (κ2) is 9.28. The second-order valence-electron chi connectivity index (χ2n) is 5.49. The highest BCUT2D eigenvalue weighted by molar-refractivity contribution is 7.12. The minimum absolute atomic E-state index is 0. The number of anilines is 1. The Morgan fingerprint density at radius 3 is 2.78 bits per heavy atom. The van der Waals surface area contributed by atoms with Crippen LogP contribution < -0.4 is 5.32 Å². The number of hydrogen-bond acceptors (Lipinski definition) is 3. The van der Waals surface area contributed by atoms with E-state index in [4.69, 9.17) is 5.41 Å². The van der Waals surface area contributed by atoms with Gasteiger partial charge >= 0.3 is 0 Å². The van der Waals surface area contributed by atoms with Crippen molar-refractivity contribution in [2.75, 3.05) is 18.4 Å². The Labute approximate surface area is 154 Å². The molecule has 0 radical (unpaired) electrons. The smallest absolute Gasteiger partial charge is 0.140 e. The summed E-state index contributed by atoms with van der Waals surface area (Å²) >= 11 is 1.59. The van der Waals surface area contributed by atoms with Crippen molar-refractivity contribution in [2.24, 2.45) is 0 Å². The zero-order valence-corrected chi connectivity index (χ0v) is 15.6. The van der Waals surface area contributed by atoms with Gasteiger partial charge in [-0.3, -0.25) is 10.3 Å². The van der Waals surface area contributed by atoms with E-state index >= 15 is 0 Å². The summed E-state index contributed by atoms with van der Waals surface area (Å²) in [5, 5.41) is 13.3. The van der Waals surface area contributed by atoms with E-state index < -0.39 is 0 Å². The van der Waals surface area contributed by atoms with Crippen molar-refractivity contribution in [1.82, 2.24) is 4.90 Å². The first kappa shape index (κ1) is 20.0. The molecule has 1 aromatic carbocycles. The van der Waals surface area contributed by atoms with Crippen molar-refractivity contribution in [3.8, 4) is 0 Å². The van der Waals surface area contributed by atoms with Gasteiger partial charge in [0.05, 0.1) is 4.88 Å². The molecule has 1 aromatic heterocycles. The summed E-state index contributed by atoms with van der Waals surface area (Å²) in [5.74, 6) is 0.478. The maximum atomic E-state index is 8.12. The van der Waals surface area contributed by atoms with Crippen molar-refractivity contribution >= 4 is 47.7 Å². The van der Waals surface area contributed by atoms with Crippen LogP contribution in [0.15, 0.2) is 35.7 Å². The zero-order chi connectivity index (χ0) is 14.7. The number of rotatable bonds is 4. The molecule has 0 fully saturated rings. The van der Waals surface area contributed by atoms with Crippen LogP contribution in [0, 0.1) is 5.41 Å². The highest BCUT2D eigenvalue weighted by Crippen LogP contribution is 2.23. The van der Waals surface area contributed by atoms with Crippen LogP contribution in [0.3, 0.4) is 0 Å². The number of nitrogens with one attached hydrogen (secondary N) is 2. The minimum Gasteiger partial charge on any atom is -0.340 e. The molecule has 2 heterocycles. The molecule has 2 N–H and O–H groups in total. The molecule has 3 nitrogen and oxygen atoms in total. The van der Waals surface area contributed by atoms with Gasteiger partial charge in [0, 0.05) is 18.8 Å². The van der Waals surface area contributed by atoms with Crippen LogP contribution in [0.5, 0.6) is 0 Å². The average Bonchev–Trinajstić information content (AvgIpc) is 3.01. The van der Waals surface area contributed by atoms with E-state index in [9.17, 15) is 0 Å². The molecular formula is C17H23Cl2N3S. The molecular weight excluding hydrogens is 349 g/mol. The van der Waals surface area contributed by atoms with Crippen LogP contribution in [0.2, 0.25) is 0 Å². The highest BCUT2D eigenvalue weighted by atomic mass is 35.5. The lowest BCUT2D eigenvalue weighted by Crippen LogP contribution is -2.31. The third-order valence-corrected chi connectivity index (χ3v) is 4.76. The number of amidine groups is 1. The summed E-state index contributed by atoms with van der Waals surface area (Å²) in [6.07, 6.45) is 2.34. The molecule has 23 heavy (non-hydrogen) atoms. The number of nitrogens with zero attached hydrogens (tertiary/aromatic N) is 1. The topological polar surface area (TPSA) is 39.1 Å². The number of fused-ring (bicyclic) bond motifs is 1. The third kappa shape index (κ3) is 4.95. The molecule has 126 valence electrons. The molecule has 2 aromatic rings. The lowest BCUT2D eigenvalue weighted by Gasteiger charge is -2.28. The Kier molecular flexibility index (Phi) is 8.06. The minimum atomic E-state index is 0. The molecule has 0 spiro atoms. The summed E-state index contributed by atoms with van der Waals surface area (Å²) in [6, 6.07) is 10.5. The lowest BCUT2D eigenvalue weighted by molar-refractivity contribution is 0.255. The molecule has 0 saturated carbocycles. The number of thiophene rings is 1. The average molecular weight is 372 g/mol. The molecule has 6 heteroatoms. The number of halogens is 2. The summed E-state index contributed by atoms with van der Waals surface area (Å²) < 4.78 is 0. The third-order valence-electron chi connectivity index (χ3n) is 3.87. The van der Waals surface area contributed by atoms with E-state index in [2.05, 4.69) is 35.3 Å². The van der Waals surface area contributed by atoms with Gasteiger partial charge in [-0.1, -0.05) is 19.1 Å². The number of hydrogen-bond donors (Lipinski definition) is 2. The molecule has 1 aliphatic rings. The van der Waals surface area contributed by atoms with Gasteiger partial charge in [-0.25, -0.2) is 0 Å². The first-order valence-corrected chi connectivity index (χ1v) is 8.38. The van der Waals surface area contributed by atoms with Crippen molar-refractivity contribution < 1.29 is 0 Å². The van der Waals surface area contributed by atoms with Gasteiger partial charge in [0.2, 0.25) is 0 Å². The second-order valence-corrected chi connectivity index (χ2v) is 6.43. The molecule has 0 atom stereocenters. The Bertz CT molecular complexity index is 629. The van der Waals surface area contributed by atoms with E-state index in [1.165, 1.54) is 30.6 Å². The summed E-state index contributed by atoms with van der Waals surface area (Å²) in [7, 11) is 0. The Morgan fingerprint density at radius 1 is 1.26 bits per heavy atom. The van der Waals surface area contributed by atoms with Crippen molar-refractivity contribution in [3.63, 3.8) is 0 Å². The van der Waals surface area contributed by atoms with Crippen molar-refractivity contribution in [3.05, 3.63) is 51.7 Å². The van der Waals surface area contributed by atoms with E-state index in [-0.39, 0.29) is 24.8 Å². The highest BCUT2D eigenvalue weighted by Gasteiger charge is 2.16. The van der Waals surface area contributed by atoms with Gasteiger partial charge in [0.1, 0.15) is 5.84 Å². The van der Waals surface area contributed by atoms with Gasteiger partial charge < -0.3 is 5.32 Å².